The summed E-state index contributed by atoms with van der Waals surface area (Å²) in [5.41, 5.74) is 10.6. The molecule has 14 N–H and O–H groups in total. The molecule has 29 nitrogen and oxygen atoms in total. The van der Waals surface area contributed by atoms with Crippen molar-refractivity contribution in [2.45, 2.75) is 82.6 Å². The number of carbonyl (C=O) groups excluding carboxylic acids is 7. The molecule has 5 aromatic rings. The van der Waals surface area contributed by atoms with Crippen molar-refractivity contribution in [2.24, 2.45) is 10.7 Å². The van der Waals surface area contributed by atoms with Crippen LogP contribution < -0.4 is 53.0 Å². The normalized spacial score (nSPS) is 14.8. The molecule has 0 bridgehead atoms. The summed E-state index contributed by atoms with van der Waals surface area (Å²) in [4.78, 5) is 139. The first-order valence-electron chi connectivity index (χ1n) is 33.5. The number of aromatic hydroxyl groups is 1. The largest absolute Gasteiger partial charge is 0.508 e. The van der Waals surface area contributed by atoms with E-state index in [0.717, 1.165) is 16.7 Å². The minimum atomic E-state index is -1.09. The molecule has 0 saturated carbocycles. The van der Waals surface area contributed by atoms with Gasteiger partial charge in [0.25, 0.3) is 0 Å². The van der Waals surface area contributed by atoms with E-state index in [4.69, 9.17) is 10.5 Å². The van der Waals surface area contributed by atoms with Crippen molar-refractivity contribution in [2.75, 3.05) is 111 Å². The molecule has 2 unspecified atom stereocenters. The number of hydrogen-bond acceptors (Lipinski definition) is 18. The number of aliphatic imine (C=N–C) groups is 1. The molecular formula is C71H94N14O15. The quantitative estimate of drug-likeness (QED) is 0.0116. The summed E-state index contributed by atoms with van der Waals surface area (Å²) in [5.74, 6) is -5.83. The Morgan fingerprint density at radius 3 is 1.75 bits per heavy atom. The molecule has 100 heavy (non-hydrogen) atoms. The minimum absolute atomic E-state index is 0.0114. The van der Waals surface area contributed by atoms with Crippen LogP contribution >= 0.6 is 0 Å². The summed E-state index contributed by atoms with van der Waals surface area (Å²) in [6, 6.07) is 37.2. The highest BCUT2D eigenvalue weighted by atomic mass is 16.5. The molecule has 29 heteroatoms. The number of nitrogens with zero attached hydrogens (tertiary/aromatic N) is 5. The highest BCUT2D eigenvalue weighted by molar-refractivity contribution is 5.95. The molecule has 7 amide bonds. The van der Waals surface area contributed by atoms with E-state index < -0.39 is 71.7 Å². The van der Waals surface area contributed by atoms with Gasteiger partial charge >= 0.3 is 23.9 Å². The first-order valence-corrected chi connectivity index (χ1v) is 33.5. The van der Waals surface area contributed by atoms with Crippen molar-refractivity contribution >= 4 is 65.7 Å². The van der Waals surface area contributed by atoms with Gasteiger partial charge in [-0.1, -0.05) is 116 Å². The standard InChI is InChI=1S/C71H94N14O15/c1-2-61(88)74-32-33-77-71(99)81-70(72)76-30-12-19-58(67(96)78-45-51-22-26-56(87)27-23-51)80-69(98)66(54-15-7-4-8-16-54)55-17-11-18-57(44-55)100-42-10-9-29-75-68(97)59(43-50-20-24-53(25-21-50)52-13-5-3-6-14-52)79-62(89)28-31-73-60(49-86)85-40-38-83(47-64(92)93)36-34-82(46-63(90)91)35-37-84(39-41-85)48-65(94)95/h3-8,11,13-18,20-27,44,49,58-60,66,73,87H,2,9-10,12,19,28-43,45-48H2,1H3,(H,74,88)(H,75,97)(H,78,96)(H,79,89)(H,80,98)(H,90,91)(H,92,93)(H,94,95)(H4,72,76,77,81,99)/t58-,59-,60?,66?/m1/s1. The lowest BCUT2D eigenvalue weighted by Crippen LogP contribution is -2.54. The maximum Gasteiger partial charge on any atom is 0.321 e. The minimum Gasteiger partial charge on any atom is -0.508 e. The summed E-state index contributed by atoms with van der Waals surface area (Å²) in [6.45, 7) is 3.21. The van der Waals surface area contributed by atoms with E-state index in [-0.39, 0.29) is 161 Å². The van der Waals surface area contributed by atoms with Crippen LogP contribution in [0.3, 0.4) is 0 Å². The monoisotopic (exact) mass is 1380 g/mol. The van der Waals surface area contributed by atoms with Gasteiger partial charge in [0.05, 0.1) is 32.2 Å². The third kappa shape index (κ3) is 29.4. The zero-order chi connectivity index (χ0) is 72.0. The number of carboxylic acid groups (broad SMARTS) is 3. The fourth-order valence-electron chi connectivity index (χ4n) is 11.0. The van der Waals surface area contributed by atoms with E-state index >= 15 is 0 Å². The van der Waals surface area contributed by atoms with Crippen LogP contribution in [0.25, 0.3) is 11.1 Å². The summed E-state index contributed by atoms with van der Waals surface area (Å²) < 4.78 is 6.23. The first kappa shape index (κ1) is 78.7. The van der Waals surface area contributed by atoms with Gasteiger partial charge < -0.3 is 67.6 Å². The van der Waals surface area contributed by atoms with Gasteiger partial charge in [0.15, 0.2) is 12.2 Å². The van der Waals surface area contributed by atoms with E-state index in [2.05, 4.69) is 47.5 Å². The lowest BCUT2D eigenvalue weighted by molar-refractivity contribution is -0.140. The Morgan fingerprint density at radius 1 is 0.570 bits per heavy atom. The zero-order valence-corrected chi connectivity index (χ0v) is 56.4. The number of hydrogen-bond donors (Lipinski definition) is 13. The van der Waals surface area contributed by atoms with Crippen LogP contribution in [-0.2, 0) is 56.1 Å². The van der Waals surface area contributed by atoms with E-state index in [9.17, 15) is 68.4 Å². The number of urea groups is 1. The molecule has 1 aliphatic heterocycles. The fraction of sp³-hybridized carbons (Fsp3) is 0.423. The van der Waals surface area contributed by atoms with E-state index in [1.54, 1.807) is 75.1 Å². The first-order chi connectivity index (χ1) is 48.2. The molecule has 0 radical (unpaired) electrons. The van der Waals surface area contributed by atoms with Crippen molar-refractivity contribution in [3.8, 4) is 22.6 Å². The topological polar surface area (TPSA) is 408 Å². The number of carbonyl (C=O) groups is 10. The summed E-state index contributed by atoms with van der Waals surface area (Å²) in [6.07, 6.45) is 1.35. The number of nitrogens with one attached hydrogen (secondary N) is 8. The second-order valence-electron chi connectivity index (χ2n) is 23.9. The molecule has 0 aromatic heterocycles. The van der Waals surface area contributed by atoms with Crippen LogP contribution in [0, 0.1) is 0 Å². The Balaban J connectivity index is 1.07. The average molecular weight is 1380 g/mol. The number of guanidine groups is 1. The predicted molar refractivity (Wildman–Crippen MR) is 374 cm³/mol. The molecule has 538 valence electrons. The lowest BCUT2D eigenvalue weighted by atomic mass is 9.90. The number of phenols is 1. The molecule has 6 rings (SSSR count). The van der Waals surface area contributed by atoms with Crippen LogP contribution in [0.5, 0.6) is 11.5 Å². The van der Waals surface area contributed by atoms with Crippen LogP contribution in [0.2, 0.25) is 0 Å². The second-order valence-corrected chi connectivity index (χ2v) is 23.9. The fourth-order valence-corrected chi connectivity index (χ4v) is 11.0. The van der Waals surface area contributed by atoms with Gasteiger partial charge in [0.1, 0.15) is 29.7 Å². The molecule has 5 aromatic carbocycles. The number of phenolic OH excluding ortho intramolecular Hbond substituents is 1. The van der Waals surface area contributed by atoms with Gasteiger partial charge in [0.2, 0.25) is 29.5 Å². The highest BCUT2D eigenvalue weighted by Gasteiger charge is 2.30. The van der Waals surface area contributed by atoms with Crippen LogP contribution in [0.1, 0.15) is 73.6 Å². The Morgan fingerprint density at radius 2 is 1.14 bits per heavy atom. The highest BCUT2D eigenvalue weighted by Crippen LogP contribution is 2.29. The Hall–Kier alpha value is -10.3. The van der Waals surface area contributed by atoms with E-state index in [1.165, 1.54) is 12.1 Å². The van der Waals surface area contributed by atoms with Gasteiger partial charge in [-0.15, -0.1) is 0 Å². The van der Waals surface area contributed by atoms with Gasteiger partial charge in [0, 0.05) is 111 Å². The van der Waals surface area contributed by atoms with E-state index in [1.807, 2.05) is 72.8 Å². The number of aldehydes is 1. The van der Waals surface area contributed by atoms with Crippen molar-refractivity contribution in [1.29, 1.82) is 0 Å². The molecule has 1 saturated heterocycles. The third-order valence-corrected chi connectivity index (χ3v) is 16.3. The lowest BCUT2D eigenvalue weighted by Gasteiger charge is -2.35. The summed E-state index contributed by atoms with van der Waals surface area (Å²) >= 11 is 0. The number of aliphatic carboxylic acids is 3. The van der Waals surface area contributed by atoms with Crippen molar-refractivity contribution in [3.05, 3.63) is 156 Å². The van der Waals surface area contributed by atoms with Gasteiger partial charge in [-0.3, -0.25) is 73.6 Å². The predicted octanol–water partition coefficient (Wildman–Crippen LogP) is 1.90. The smallest absolute Gasteiger partial charge is 0.321 e. The average Bonchev–Trinajstić information content (AvgIpc) is 0.838. The maximum absolute atomic E-state index is 14.6. The molecule has 1 aliphatic rings. The SMILES string of the molecule is CCC(=O)NCCNC(=O)NC(N)=NCCC[C@@H](NC(=O)C(c1ccccc1)c1cccc(OCCCCNC(=O)[C@@H](Cc2ccc(-c3ccccc3)cc2)NC(=O)CCNC(C=O)N2CCN(CC(=O)O)CCN(CC(=O)O)CCN(CC(=O)O)CC2)c1)C(=O)NCc1ccc(O)cc1. The van der Waals surface area contributed by atoms with Crippen molar-refractivity contribution in [3.63, 3.8) is 0 Å². The van der Waals surface area contributed by atoms with Crippen LogP contribution in [0.4, 0.5) is 4.79 Å². The number of nitrogens with two attached hydrogens (primary N) is 1. The molecule has 0 aliphatic carbocycles. The van der Waals surface area contributed by atoms with Gasteiger partial charge in [-0.25, -0.2) is 4.79 Å². The number of amides is 7. The summed E-state index contributed by atoms with van der Waals surface area (Å²) in [5, 5.41) is 61.2. The zero-order valence-electron chi connectivity index (χ0n) is 56.4. The number of carboxylic acids is 3. The number of ether oxygens (including phenoxy) is 1. The Bertz CT molecular complexity index is 3430. The molecule has 1 heterocycles. The number of benzene rings is 5. The Labute approximate surface area is 581 Å². The third-order valence-electron chi connectivity index (χ3n) is 16.3. The second kappa shape index (κ2) is 43.2. The maximum atomic E-state index is 14.6. The van der Waals surface area contributed by atoms with Crippen LogP contribution in [-0.4, -0.2) is 235 Å². The van der Waals surface area contributed by atoms with Crippen LogP contribution in [0.15, 0.2) is 138 Å². The summed E-state index contributed by atoms with van der Waals surface area (Å²) in [7, 11) is 0. The van der Waals surface area contributed by atoms with E-state index in [0.29, 0.717) is 48.0 Å². The molecule has 1 fully saturated rings. The number of rotatable bonds is 38. The molecule has 4 atom stereocenters. The Kier molecular flexibility index (Phi) is 33.9. The molecular weight excluding hydrogens is 1290 g/mol. The van der Waals surface area contributed by atoms with Crippen molar-refractivity contribution in [1.82, 2.24) is 62.1 Å². The molecule has 0 spiro atoms. The van der Waals surface area contributed by atoms with Gasteiger partial charge in [-0.2, -0.15) is 0 Å². The van der Waals surface area contributed by atoms with Crippen molar-refractivity contribution < 1.29 is 73.1 Å². The number of unbranched alkanes of at least 4 members (excludes halogenated alkanes) is 1. The van der Waals surface area contributed by atoms with Gasteiger partial charge in [-0.05, 0) is 83.3 Å².